The third-order valence-electron chi connectivity index (χ3n) is 6.90. The fourth-order valence-corrected chi connectivity index (χ4v) is 4.70. The minimum Gasteiger partial charge on any atom is -0.367 e. The number of aromatic nitrogens is 3. The first-order valence-corrected chi connectivity index (χ1v) is 12.3. The quantitative estimate of drug-likeness (QED) is 0.643. The summed E-state index contributed by atoms with van der Waals surface area (Å²) >= 11 is 0. The van der Waals surface area contributed by atoms with E-state index in [1.165, 1.54) is 55.5 Å². The molecule has 2 fully saturated rings. The lowest BCUT2D eigenvalue weighted by Gasteiger charge is -2.34. The highest BCUT2D eigenvalue weighted by molar-refractivity contribution is 5.89. The molecule has 2 aliphatic carbocycles. The van der Waals surface area contributed by atoms with Gasteiger partial charge in [0.25, 0.3) is 0 Å². The Morgan fingerprint density at radius 2 is 1.88 bits per heavy atom. The Bertz CT molecular complexity index is 991. The molecule has 6 nitrogen and oxygen atoms in total. The van der Waals surface area contributed by atoms with Crippen molar-refractivity contribution < 1.29 is 0 Å². The molecule has 0 radical (unpaired) electrons. The number of nitrogens with one attached hydrogen (secondary N) is 2. The van der Waals surface area contributed by atoms with Gasteiger partial charge in [-0.15, -0.1) is 0 Å². The second-order valence-corrected chi connectivity index (χ2v) is 9.54. The van der Waals surface area contributed by atoms with Gasteiger partial charge in [0.2, 0.25) is 0 Å². The monoisotopic (exact) mass is 432 g/mol. The number of imidazole rings is 1. The molecule has 0 bridgehead atoms. The predicted molar refractivity (Wildman–Crippen MR) is 131 cm³/mol. The predicted octanol–water partition coefficient (Wildman–Crippen LogP) is 3.77. The number of hydrogen-bond donors (Lipinski definition) is 2. The number of fused-ring (bicyclic) bond motifs is 2. The lowest BCUT2D eigenvalue weighted by Crippen LogP contribution is -2.44. The standard InChI is InChI=1S/C17H25N5.C9H11N/c1-21-7-9-22(10-8-21)15-4-2-3-14-17(15)20-16(19-14)12-18-11-13-5-6-13;1-2-6-9-8(4-1)5-3-7-10-9/h2-4,13,18H,5-12H2,1H3,(H,19,20);3,5,7H,1-2,4,6H2. The van der Waals surface area contributed by atoms with Crippen LogP contribution < -0.4 is 10.2 Å². The first-order chi connectivity index (χ1) is 15.8. The van der Waals surface area contributed by atoms with Gasteiger partial charge in [-0.05, 0) is 81.8 Å². The van der Waals surface area contributed by atoms with Gasteiger partial charge in [0.15, 0.2) is 0 Å². The Morgan fingerprint density at radius 3 is 2.69 bits per heavy atom. The van der Waals surface area contributed by atoms with E-state index in [-0.39, 0.29) is 0 Å². The van der Waals surface area contributed by atoms with E-state index in [4.69, 9.17) is 4.98 Å². The van der Waals surface area contributed by atoms with Crippen molar-refractivity contribution in [2.75, 3.05) is 44.7 Å². The highest BCUT2D eigenvalue weighted by Gasteiger charge is 2.21. The Hall–Kier alpha value is -2.44. The van der Waals surface area contributed by atoms with Crippen molar-refractivity contribution in [3.63, 3.8) is 0 Å². The van der Waals surface area contributed by atoms with Gasteiger partial charge in [0.05, 0.1) is 17.7 Å². The number of H-pyrrole nitrogens is 1. The molecule has 1 saturated heterocycles. The molecule has 3 aromatic rings. The summed E-state index contributed by atoms with van der Waals surface area (Å²) in [5, 5.41) is 3.52. The van der Waals surface area contributed by atoms with Crippen molar-refractivity contribution >= 4 is 16.7 Å². The molecular formula is C26H36N6. The fourth-order valence-electron chi connectivity index (χ4n) is 4.70. The molecule has 2 N–H and O–H groups in total. The normalized spacial score (nSPS) is 18.8. The molecule has 32 heavy (non-hydrogen) atoms. The van der Waals surface area contributed by atoms with Crippen molar-refractivity contribution in [2.24, 2.45) is 5.92 Å². The van der Waals surface area contributed by atoms with Crippen LogP contribution in [-0.2, 0) is 19.4 Å². The van der Waals surface area contributed by atoms with Gasteiger partial charge in [-0.25, -0.2) is 4.98 Å². The number of likely N-dealkylation sites (N-methyl/N-ethyl adjacent to an activating group) is 1. The van der Waals surface area contributed by atoms with Gasteiger partial charge in [-0.3, -0.25) is 4.98 Å². The highest BCUT2D eigenvalue weighted by atomic mass is 15.3. The van der Waals surface area contributed by atoms with Crippen molar-refractivity contribution in [1.29, 1.82) is 0 Å². The smallest absolute Gasteiger partial charge is 0.121 e. The van der Waals surface area contributed by atoms with E-state index < -0.39 is 0 Å². The number of para-hydroxylation sites is 1. The molecule has 0 spiro atoms. The number of aryl methyl sites for hydroxylation is 2. The van der Waals surface area contributed by atoms with Gasteiger partial charge in [-0.2, -0.15) is 0 Å². The minimum absolute atomic E-state index is 0.841. The van der Waals surface area contributed by atoms with E-state index >= 15 is 0 Å². The number of benzene rings is 1. The van der Waals surface area contributed by atoms with Gasteiger partial charge >= 0.3 is 0 Å². The zero-order chi connectivity index (χ0) is 21.8. The second-order valence-electron chi connectivity index (χ2n) is 9.54. The van der Waals surface area contributed by atoms with E-state index in [1.54, 1.807) is 0 Å². The highest BCUT2D eigenvalue weighted by Crippen LogP contribution is 2.28. The maximum atomic E-state index is 4.85. The van der Waals surface area contributed by atoms with Crippen LogP contribution in [0.1, 0.15) is 42.8 Å². The topological polar surface area (TPSA) is 60.1 Å². The van der Waals surface area contributed by atoms with Crippen LogP contribution in [0.2, 0.25) is 0 Å². The number of nitrogens with zero attached hydrogens (tertiary/aromatic N) is 4. The SMILES string of the molecule is CN1CCN(c2cccc3[nH]c(CNCC4CC4)nc23)CC1.c1cnc2c(c1)CCCC2. The molecule has 170 valence electrons. The van der Waals surface area contributed by atoms with Crippen LogP contribution in [-0.4, -0.2) is 59.6 Å². The second kappa shape index (κ2) is 10.0. The lowest BCUT2D eigenvalue weighted by atomic mass is 9.96. The first kappa shape index (κ1) is 21.4. The summed E-state index contributed by atoms with van der Waals surface area (Å²) in [5.41, 5.74) is 6.34. The zero-order valence-corrected chi connectivity index (χ0v) is 19.3. The van der Waals surface area contributed by atoms with Crippen LogP contribution in [0.15, 0.2) is 36.5 Å². The van der Waals surface area contributed by atoms with Crippen molar-refractivity contribution in [3.05, 3.63) is 53.6 Å². The van der Waals surface area contributed by atoms with E-state index in [0.29, 0.717) is 0 Å². The summed E-state index contributed by atoms with van der Waals surface area (Å²) < 4.78 is 0. The van der Waals surface area contributed by atoms with Crippen LogP contribution in [0.5, 0.6) is 0 Å². The summed E-state index contributed by atoms with van der Waals surface area (Å²) in [4.78, 5) is 17.5. The molecule has 1 aromatic carbocycles. The van der Waals surface area contributed by atoms with Crippen molar-refractivity contribution in [3.8, 4) is 0 Å². The summed E-state index contributed by atoms with van der Waals surface area (Å²) in [7, 11) is 2.19. The molecule has 0 amide bonds. The number of aromatic amines is 1. The molecule has 3 aliphatic rings. The minimum atomic E-state index is 0.841. The Labute approximate surface area is 191 Å². The summed E-state index contributed by atoms with van der Waals surface area (Å²) in [6.45, 7) is 6.37. The summed E-state index contributed by atoms with van der Waals surface area (Å²) in [6.07, 6.45) is 9.77. The van der Waals surface area contributed by atoms with E-state index in [0.717, 1.165) is 62.0 Å². The van der Waals surface area contributed by atoms with Gasteiger partial charge in [0, 0.05) is 38.1 Å². The van der Waals surface area contributed by atoms with Crippen LogP contribution in [0, 0.1) is 5.92 Å². The first-order valence-electron chi connectivity index (χ1n) is 12.3. The van der Waals surface area contributed by atoms with Crippen LogP contribution in [0.4, 0.5) is 5.69 Å². The van der Waals surface area contributed by atoms with Crippen LogP contribution in [0.25, 0.3) is 11.0 Å². The van der Waals surface area contributed by atoms with E-state index in [2.05, 4.69) is 56.4 Å². The number of pyridine rings is 1. The molecule has 6 rings (SSSR count). The molecule has 3 heterocycles. The average Bonchev–Trinajstić information content (AvgIpc) is 3.56. The number of hydrogen-bond acceptors (Lipinski definition) is 5. The van der Waals surface area contributed by atoms with E-state index in [1.807, 2.05) is 12.3 Å². The maximum absolute atomic E-state index is 4.85. The third-order valence-corrected chi connectivity index (χ3v) is 6.90. The molecule has 0 unspecified atom stereocenters. The van der Waals surface area contributed by atoms with Crippen molar-refractivity contribution in [2.45, 2.75) is 45.1 Å². The molecule has 2 aromatic heterocycles. The number of anilines is 1. The largest absolute Gasteiger partial charge is 0.367 e. The lowest BCUT2D eigenvalue weighted by molar-refractivity contribution is 0.313. The molecule has 1 saturated carbocycles. The van der Waals surface area contributed by atoms with Crippen LogP contribution >= 0.6 is 0 Å². The Morgan fingerprint density at radius 1 is 1.03 bits per heavy atom. The maximum Gasteiger partial charge on any atom is 0.121 e. The van der Waals surface area contributed by atoms with Gasteiger partial charge in [0.1, 0.15) is 11.3 Å². The van der Waals surface area contributed by atoms with Crippen molar-refractivity contribution in [1.82, 2.24) is 25.2 Å². The number of piperazine rings is 1. The summed E-state index contributed by atoms with van der Waals surface area (Å²) in [5.74, 6) is 1.96. The van der Waals surface area contributed by atoms with Crippen LogP contribution in [0.3, 0.4) is 0 Å². The third kappa shape index (κ3) is 5.30. The molecular weight excluding hydrogens is 396 g/mol. The number of rotatable bonds is 5. The van der Waals surface area contributed by atoms with E-state index in [9.17, 15) is 0 Å². The Balaban J connectivity index is 0.000000180. The average molecular weight is 433 g/mol. The zero-order valence-electron chi connectivity index (χ0n) is 19.3. The molecule has 1 aliphatic heterocycles. The Kier molecular flexibility index (Phi) is 6.69. The summed E-state index contributed by atoms with van der Waals surface area (Å²) in [6, 6.07) is 10.7. The molecule has 0 atom stereocenters. The van der Waals surface area contributed by atoms with Gasteiger partial charge < -0.3 is 20.1 Å². The van der Waals surface area contributed by atoms with Gasteiger partial charge in [-0.1, -0.05) is 12.1 Å². The molecule has 6 heteroatoms. The fraction of sp³-hybridized carbons (Fsp3) is 0.538.